The van der Waals surface area contributed by atoms with Gasteiger partial charge >= 0.3 is 0 Å². The van der Waals surface area contributed by atoms with Crippen molar-refractivity contribution >= 4 is 21.6 Å². The number of nitrogens with zero attached hydrogens (tertiary/aromatic N) is 2. The lowest BCUT2D eigenvalue weighted by Gasteiger charge is -2.26. The first-order chi connectivity index (χ1) is 15.6. The summed E-state index contributed by atoms with van der Waals surface area (Å²) in [6.07, 6.45) is 1.21. The molecule has 3 aromatic carbocycles. The Hall–Kier alpha value is -3.32. The highest BCUT2D eigenvalue weighted by Crippen LogP contribution is 2.28. The van der Waals surface area contributed by atoms with E-state index >= 15 is 0 Å². The molecule has 174 valence electrons. The minimum atomic E-state index is -3.49. The van der Waals surface area contributed by atoms with Crippen LogP contribution < -0.4 is 9.04 Å². The Morgan fingerprint density at radius 3 is 1.88 bits per heavy atom. The van der Waals surface area contributed by atoms with Crippen molar-refractivity contribution in [1.29, 1.82) is 0 Å². The molecule has 6 nitrogen and oxygen atoms in total. The van der Waals surface area contributed by atoms with E-state index < -0.39 is 10.0 Å². The molecule has 3 aromatic rings. The largest absolute Gasteiger partial charge is 0.497 e. The zero-order valence-corrected chi connectivity index (χ0v) is 20.5. The average molecular weight is 467 g/mol. The van der Waals surface area contributed by atoms with Crippen molar-refractivity contribution in [2.75, 3.05) is 24.7 Å². The predicted octanol–water partition coefficient (Wildman–Crippen LogP) is 4.55. The molecule has 0 saturated heterocycles. The second-order valence-electron chi connectivity index (χ2n) is 8.22. The quantitative estimate of drug-likeness (QED) is 0.488. The van der Waals surface area contributed by atoms with Gasteiger partial charge in [0, 0.05) is 19.2 Å². The maximum Gasteiger partial charge on any atom is 0.253 e. The van der Waals surface area contributed by atoms with Crippen molar-refractivity contribution in [3.05, 3.63) is 94.5 Å². The first-order valence-corrected chi connectivity index (χ1v) is 12.5. The lowest BCUT2D eigenvalue weighted by Crippen LogP contribution is -2.30. The summed E-state index contributed by atoms with van der Waals surface area (Å²) in [6, 6.07) is 20.4. The summed E-state index contributed by atoms with van der Waals surface area (Å²) in [5.41, 5.74) is 4.84. The molecule has 0 spiro atoms. The molecular formula is C26H30N2O4S. The molecule has 1 amide bonds. The van der Waals surface area contributed by atoms with E-state index in [4.69, 9.17) is 4.74 Å². The summed E-state index contributed by atoms with van der Waals surface area (Å²) in [4.78, 5) is 14.5. The minimum Gasteiger partial charge on any atom is -0.497 e. The van der Waals surface area contributed by atoms with Gasteiger partial charge in [0.2, 0.25) is 10.0 Å². The van der Waals surface area contributed by atoms with E-state index in [2.05, 4.69) is 0 Å². The number of sulfonamides is 1. The van der Waals surface area contributed by atoms with E-state index in [-0.39, 0.29) is 12.5 Å². The van der Waals surface area contributed by atoms with E-state index in [0.717, 1.165) is 28.0 Å². The number of hydrogen-bond acceptors (Lipinski definition) is 4. The van der Waals surface area contributed by atoms with Crippen LogP contribution in [0.1, 0.15) is 32.6 Å². The number of carbonyl (C=O) groups is 1. The Balaban J connectivity index is 1.76. The summed E-state index contributed by atoms with van der Waals surface area (Å²) in [6.45, 7) is 4.47. The van der Waals surface area contributed by atoms with Crippen molar-refractivity contribution in [3.63, 3.8) is 0 Å². The van der Waals surface area contributed by atoms with Crippen LogP contribution in [0, 0.1) is 13.8 Å². The van der Waals surface area contributed by atoms with Crippen LogP contribution in [0.5, 0.6) is 5.75 Å². The van der Waals surface area contributed by atoms with E-state index in [1.54, 1.807) is 43.3 Å². The van der Waals surface area contributed by atoms with Gasteiger partial charge in [0.05, 0.1) is 25.6 Å². The number of aryl methyl sites for hydroxylation is 2. The molecule has 0 bridgehead atoms. The molecular weight excluding hydrogens is 436 g/mol. The first-order valence-electron chi connectivity index (χ1n) is 10.6. The highest BCUT2D eigenvalue weighted by atomic mass is 32.2. The van der Waals surface area contributed by atoms with Gasteiger partial charge in [-0.1, -0.05) is 42.5 Å². The molecule has 0 fully saturated rings. The van der Waals surface area contributed by atoms with Crippen LogP contribution >= 0.6 is 0 Å². The van der Waals surface area contributed by atoms with Crippen LogP contribution in [0.2, 0.25) is 0 Å². The number of anilines is 1. The summed E-state index contributed by atoms with van der Waals surface area (Å²) in [5.74, 6) is 0.666. The maximum atomic E-state index is 12.9. The number of rotatable bonds is 8. The van der Waals surface area contributed by atoms with Gasteiger partial charge in [0.15, 0.2) is 0 Å². The predicted molar refractivity (Wildman–Crippen MR) is 132 cm³/mol. The fourth-order valence-corrected chi connectivity index (χ4v) is 4.78. The molecule has 0 radical (unpaired) electrons. The molecule has 0 aromatic heterocycles. The minimum absolute atomic E-state index is 0.105. The zero-order valence-electron chi connectivity index (χ0n) is 19.7. The van der Waals surface area contributed by atoms with Crippen LogP contribution in [0.3, 0.4) is 0 Å². The van der Waals surface area contributed by atoms with Gasteiger partial charge < -0.3 is 9.64 Å². The summed E-state index contributed by atoms with van der Waals surface area (Å²) in [5, 5.41) is 0. The van der Waals surface area contributed by atoms with Gasteiger partial charge in [-0.25, -0.2) is 8.42 Å². The van der Waals surface area contributed by atoms with Crippen LogP contribution in [-0.2, 0) is 23.1 Å². The summed E-state index contributed by atoms with van der Waals surface area (Å²) >= 11 is 0. The lowest BCUT2D eigenvalue weighted by atomic mass is 10.1. The number of para-hydroxylation sites is 1. The van der Waals surface area contributed by atoms with Gasteiger partial charge in [-0.05, 0) is 60.4 Å². The molecule has 0 saturated carbocycles. The molecule has 33 heavy (non-hydrogen) atoms. The van der Waals surface area contributed by atoms with Gasteiger partial charge in [0.25, 0.3) is 5.91 Å². The Kier molecular flexibility index (Phi) is 7.43. The molecule has 0 aliphatic heterocycles. The molecule has 0 atom stereocenters. The second-order valence-corrected chi connectivity index (χ2v) is 10.1. The Bertz CT molecular complexity index is 1200. The highest BCUT2D eigenvalue weighted by molar-refractivity contribution is 7.92. The van der Waals surface area contributed by atoms with Gasteiger partial charge in [-0.3, -0.25) is 9.10 Å². The topological polar surface area (TPSA) is 66.9 Å². The number of hydrogen-bond donors (Lipinski definition) is 0. The Labute approximate surface area is 196 Å². The highest BCUT2D eigenvalue weighted by Gasteiger charge is 2.21. The first kappa shape index (κ1) is 24.3. The van der Waals surface area contributed by atoms with Crippen LogP contribution in [0.15, 0.2) is 66.7 Å². The fraction of sp³-hybridized carbons (Fsp3) is 0.269. The third-order valence-corrected chi connectivity index (χ3v) is 6.65. The summed E-state index contributed by atoms with van der Waals surface area (Å²) in [7, 11) is -0.118. The number of methoxy groups -OCH3 is 1. The zero-order chi connectivity index (χ0) is 24.2. The number of ether oxygens (including phenoxy) is 1. The van der Waals surface area contributed by atoms with Gasteiger partial charge in [-0.15, -0.1) is 0 Å². The third kappa shape index (κ3) is 5.93. The second kappa shape index (κ2) is 10.1. The summed E-state index contributed by atoms with van der Waals surface area (Å²) < 4.78 is 31.7. The lowest BCUT2D eigenvalue weighted by molar-refractivity contribution is 0.0785. The van der Waals surface area contributed by atoms with Crippen LogP contribution in [0.4, 0.5) is 5.69 Å². The van der Waals surface area contributed by atoms with Crippen molar-refractivity contribution < 1.29 is 17.9 Å². The van der Waals surface area contributed by atoms with E-state index in [1.807, 2.05) is 56.3 Å². The fourth-order valence-electron chi connectivity index (χ4n) is 3.78. The normalized spacial score (nSPS) is 11.2. The van der Waals surface area contributed by atoms with Crippen molar-refractivity contribution in [2.24, 2.45) is 0 Å². The Morgan fingerprint density at radius 2 is 1.36 bits per heavy atom. The van der Waals surface area contributed by atoms with Crippen molar-refractivity contribution in [2.45, 2.75) is 26.9 Å². The molecule has 0 aliphatic carbocycles. The van der Waals surface area contributed by atoms with Crippen molar-refractivity contribution in [3.8, 4) is 5.75 Å². The van der Waals surface area contributed by atoms with E-state index in [1.165, 1.54) is 10.6 Å². The number of amides is 1. The molecule has 7 heteroatoms. The monoisotopic (exact) mass is 466 g/mol. The molecule has 0 N–H and O–H groups in total. The van der Waals surface area contributed by atoms with E-state index in [9.17, 15) is 13.2 Å². The van der Waals surface area contributed by atoms with Crippen molar-refractivity contribution in [1.82, 2.24) is 4.90 Å². The molecule has 0 heterocycles. The molecule has 0 aliphatic rings. The standard InChI is InChI=1S/C26H30N2O4S/c1-19-7-6-8-20(2)25(19)28(33(5,30)31)18-22-9-13-23(14-10-22)26(29)27(3)17-21-11-15-24(32-4)16-12-21/h6-16H,17-18H2,1-5H3. The van der Waals surface area contributed by atoms with Gasteiger partial charge in [0.1, 0.15) is 5.75 Å². The third-order valence-electron chi connectivity index (χ3n) is 5.54. The maximum absolute atomic E-state index is 12.9. The van der Waals surface area contributed by atoms with E-state index in [0.29, 0.717) is 17.8 Å². The smallest absolute Gasteiger partial charge is 0.253 e. The SMILES string of the molecule is COc1ccc(CN(C)C(=O)c2ccc(CN(c3c(C)cccc3C)S(C)(=O)=O)cc2)cc1. The van der Waals surface area contributed by atoms with Gasteiger partial charge in [-0.2, -0.15) is 0 Å². The number of carbonyl (C=O) groups excluding carboxylic acids is 1. The van der Waals surface area contributed by atoms with Crippen LogP contribution in [0.25, 0.3) is 0 Å². The van der Waals surface area contributed by atoms with Crippen LogP contribution in [-0.4, -0.2) is 39.6 Å². The molecule has 0 unspecified atom stereocenters. The average Bonchev–Trinajstić information content (AvgIpc) is 2.78. The Morgan fingerprint density at radius 1 is 0.848 bits per heavy atom. The number of benzene rings is 3. The molecule has 3 rings (SSSR count).